The predicted molar refractivity (Wildman–Crippen MR) is 77.0 cm³/mol. The topological polar surface area (TPSA) is 28.2 Å². The Morgan fingerprint density at radius 1 is 1.50 bits per heavy atom. The number of nitrogens with zero attached hydrogens (tertiary/aromatic N) is 2. The van der Waals surface area contributed by atoms with E-state index in [-0.39, 0.29) is 0 Å². The SMILES string of the molecule is CCCCN1CCCC1c1cnc(NC)c(C)c1. The molecule has 0 amide bonds. The Morgan fingerprint density at radius 2 is 2.33 bits per heavy atom. The second-order valence-corrected chi connectivity index (χ2v) is 5.23. The number of hydrogen-bond acceptors (Lipinski definition) is 3. The first-order valence-electron chi connectivity index (χ1n) is 7.14. The zero-order chi connectivity index (χ0) is 13.0. The lowest BCUT2D eigenvalue weighted by Crippen LogP contribution is -2.24. The van der Waals surface area contributed by atoms with E-state index in [9.17, 15) is 0 Å². The Hall–Kier alpha value is -1.09. The molecule has 3 nitrogen and oxygen atoms in total. The molecule has 1 aromatic rings. The van der Waals surface area contributed by atoms with Crippen LogP contribution in [0.15, 0.2) is 12.3 Å². The van der Waals surface area contributed by atoms with Crippen LogP contribution in [-0.2, 0) is 0 Å². The van der Waals surface area contributed by atoms with Gasteiger partial charge in [-0.15, -0.1) is 0 Å². The number of anilines is 1. The van der Waals surface area contributed by atoms with Gasteiger partial charge < -0.3 is 5.32 Å². The first-order chi connectivity index (χ1) is 8.76. The van der Waals surface area contributed by atoms with Gasteiger partial charge in [0.1, 0.15) is 5.82 Å². The second kappa shape index (κ2) is 6.19. The number of pyridine rings is 1. The summed E-state index contributed by atoms with van der Waals surface area (Å²) in [5.74, 6) is 0.997. The van der Waals surface area contributed by atoms with Gasteiger partial charge in [-0.2, -0.15) is 0 Å². The zero-order valence-electron chi connectivity index (χ0n) is 11.9. The maximum absolute atomic E-state index is 4.52. The fourth-order valence-electron chi connectivity index (χ4n) is 2.87. The summed E-state index contributed by atoms with van der Waals surface area (Å²) in [7, 11) is 1.93. The van der Waals surface area contributed by atoms with Crippen LogP contribution in [0.1, 0.15) is 49.8 Å². The van der Waals surface area contributed by atoms with E-state index in [2.05, 4.69) is 35.1 Å². The molecular weight excluding hydrogens is 222 g/mol. The maximum atomic E-state index is 4.52. The summed E-state index contributed by atoms with van der Waals surface area (Å²) < 4.78 is 0. The van der Waals surface area contributed by atoms with Gasteiger partial charge >= 0.3 is 0 Å². The Kier molecular flexibility index (Phi) is 4.59. The Balaban J connectivity index is 2.12. The molecule has 3 heteroatoms. The quantitative estimate of drug-likeness (QED) is 0.864. The van der Waals surface area contributed by atoms with Crippen LogP contribution in [0.3, 0.4) is 0 Å². The molecule has 1 fully saturated rings. The highest BCUT2D eigenvalue weighted by Crippen LogP contribution is 2.32. The molecular formula is C15H25N3. The van der Waals surface area contributed by atoms with Crippen molar-refractivity contribution in [3.05, 3.63) is 23.4 Å². The van der Waals surface area contributed by atoms with Gasteiger partial charge in [0, 0.05) is 19.3 Å². The third-order valence-corrected chi connectivity index (χ3v) is 3.88. The van der Waals surface area contributed by atoms with Crippen molar-refractivity contribution in [2.24, 2.45) is 0 Å². The molecule has 2 rings (SSSR count). The first kappa shape index (κ1) is 13.3. The average Bonchev–Trinajstić information content (AvgIpc) is 2.84. The molecule has 0 bridgehead atoms. The van der Waals surface area contributed by atoms with E-state index in [1.54, 1.807) is 0 Å². The number of rotatable bonds is 5. The molecule has 1 unspecified atom stereocenters. The molecule has 0 radical (unpaired) electrons. The molecule has 1 N–H and O–H groups in total. The van der Waals surface area contributed by atoms with Gasteiger partial charge in [0.2, 0.25) is 0 Å². The van der Waals surface area contributed by atoms with E-state index in [1.807, 2.05) is 13.2 Å². The minimum absolute atomic E-state index is 0.591. The summed E-state index contributed by atoms with van der Waals surface area (Å²) in [4.78, 5) is 7.14. The van der Waals surface area contributed by atoms with Gasteiger partial charge in [0.05, 0.1) is 0 Å². The highest BCUT2D eigenvalue weighted by molar-refractivity contribution is 5.44. The van der Waals surface area contributed by atoms with Crippen LogP contribution in [0.4, 0.5) is 5.82 Å². The van der Waals surface area contributed by atoms with Crippen molar-refractivity contribution < 1.29 is 0 Å². The Bertz CT molecular complexity index is 389. The van der Waals surface area contributed by atoms with Gasteiger partial charge in [-0.25, -0.2) is 4.98 Å². The highest BCUT2D eigenvalue weighted by atomic mass is 15.2. The van der Waals surface area contributed by atoms with Gasteiger partial charge in [-0.3, -0.25) is 4.90 Å². The summed E-state index contributed by atoms with van der Waals surface area (Å²) in [6.07, 6.45) is 7.23. The molecule has 0 aromatic carbocycles. The zero-order valence-corrected chi connectivity index (χ0v) is 11.9. The summed E-state index contributed by atoms with van der Waals surface area (Å²) in [6, 6.07) is 2.89. The highest BCUT2D eigenvalue weighted by Gasteiger charge is 2.25. The summed E-state index contributed by atoms with van der Waals surface area (Å²) >= 11 is 0. The van der Waals surface area contributed by atoms with Crippen LogP contribution >= 0.6 is 0 Å². The lowest BCUT2D eigenvalue weighted by molar-refractivity contribution is 0.253. The van der Waals surface area contributed by atoms with Crippen LogP contribution in [0.25, 0.3) is 0 Å². The van der Waals surface area contributed by atoms with Crippen molar-refractivity contribution in [2.75, 3.05) is 25.5 Å². The number of aromatic nitrogens is 1. The smallest absolute Gasteiger partial charge is 0.128 e. The monoisotopic (exact) mass is 247 g/mol. The summed E-state index contributed by atoms with van der Waals surface area (Å²) in [6.45, 7) is 6.87. The first-order valence-corrected chi connectivity index (χ1v) is 7.14. The fraction of sp³-hybridized carbons (Fsp3) is 0.667. The predicted octanol–water partition coefficient (Wildman–Crippen LogP) is 3.37. The number of likely N-dealkylation sites (tertiary alicyclic amines) is 1. The molecule has 2 heterocycles. The van der Waals surface area contributed by atoms with Crippen LogP contribution in [-0.4, -0.2) is 30.0 Å². The van der Waals surface area contributed by atoms with Crippen molar-refractivity contribution in [2.45, 2.75) is 45.6 Å². The molecule has 0 spiro atoms. The molecule has 1 saturated heterocycles. The van der Waals surface area contributed by atoms with Crippen LogP contribution in [0.2, 0.25) is 0 Å². The lowest BCUT2D eigenvalue weighted by atomic mass is 10.0. The Morgan fingerprint density at radius 3 is 3.00 bits per heavy atom. The summed E-state index contributed by atoms with van der Waals surface area (Å²) in [5.41, 5.74) is 2.64. The van der Waals surface area contributed by atoms with Crippen molar-refractivity contribution in [1.29, 1.82) is 0 Å². The van der Waals surface area contributed by atoms with E-state index in [0.29, 0.717) is 6.04 Å². The van der Waals surface area contributed by atoms with Crippen LogP contribution in [0, 0.1) is 6.92 Å². The molecule has 1 aliphatic rings. The number of nitrogens with one attached hydrogen (secondary N) is 1. The third-order valence-electron chi connectivity index (χ3n) is 3.88. The maximum Gasteiger partial charge on any atom is 0.128 e. The van der Waals surface area contributed by atoms with E-state index < -0.39 is 0 Å². The van der Waals surface area contributed by atoms with Crippen molar-refractivity contribution in [3.63, 3.8) is 0 Å². The molecule has 1 aromatic heterocycles. The van der Waals surface area contributed by atoms with E-state index in [1.165, 1.54) is 49.9 Å². The van der Waals surface area contributed by atoms with Gasteiger partial charge in [-0.05, 0) is 56.5 Å². The van der Waals surface area contributed by atoms with E-state index in [0.717, 1.165) is 5.82 Å². The van der Waals surface area contributed by atoms with Crippen molar-refractivity contribution >= 4 is 5.82 Å². The standard InChI is InChI=1S/C15H25N3/c1-4-5-8-18-9-6-7-14(18)13-10-12(2)15(16-3)17-11-13/h10-11,14H,4-9H2,1-3H3,(H,16,17). The minimum Gasteiger partial charge on any atom is -0.373 e. The number of hydrogen-bond donors (Lipinski definition) is 1. The largest absolute Gasteiger partial charge is 0.373 e. The van der Waals surface area contributed by atoms with Gasteiger partial charge in [0.15, 0.2) is 0 Å². The normalized spacial score (nSPS) is 20.3. The Labute approximate surface area is 111 Å². The van der Waals surface area contributed by atoms with Gasteiger partial charge in [0.25, 0.3) is 0 Å². The van der Waals surface area contributed by atoms with Gasteiger partial charge in [-0.1, -0.05) is 13.3 Å². The molecule has 100 valence electrons. The third kappa shape index (κ3) is 2.83. The number of aryl methyl sites for hydroxylation is 1. The molecule has 1 aliphatic heterocycles. The summed E-state index contributed by atoms with van der Waals surface area (Å²) in [5, 5.41) is 3.13. The second-order valence-electron chi connectivity index (χ2n) is 5.23. The van der Waals surface area contributed by atoms with E-state index >= 15 is 0 Å². The van der Waals surface area contributed by atoms with Crippen LogP contribution in [0.5, 0.6) is 0 Å². The van der Waals surface area contributed by atoms with Crippen molar-refractivity contribution in [1.82, 2.24) is 9.88 Å². The lowest BCUT2D eigenvalue weighted by Gasteiger charge is -2.25. The minimum atomic E-state index is 0.591. The van der Waals surface area contributed by atoms with E-state index in [4.69, 9.17) is 0 Å². The van der Waals surface area contributed by atoms with Crippen molar-refractivity contribution in [3.8, 4) is 0 Å². The molecule has 18 heavy (non-hydrogen) atoms. The average molecular weight is 247 g/mol. The van der Waals surface area contributed by atoms with Crippen LogP contribution < -0.4 is 5.32 Å². The number of unbranched alkanes of at least 4 members (excludes halogenated alkanes) is 1. The fourth-order valence-corrected chi connectivity index (χ4v) is 2.87. The molecule has 0 saturated carbocycles. The molecule has 0 aliphatic carbocycles. The molecule has 1 atom stereocenters.